The molecule has 0 aromatic heterocycles. The molecule has 2 N–H and O–H groups in total. The molecule has 24 heavy (non-hydrogen) atoms. The van der Waals surface area contributed by atoms with Gasteiger partial charge in [-0.1, -0.05) is 37.8 Å². The Morgan fingerprint density at radius 2 is 1.92 bits per heavy atom. The van der Waals surface area contributed by atoms with E-state index in [1.54, 1.807) is 6.92 Å². The van der Waals surface area contributed by atoms with Gasteiger partial charge in [0.2, 0.25) is 5.91 Å². The Morgan fingerprint density at radius 3 is 2.62 bits per heavy atom. The van der Waals surface area contributed by atoms with Gasteiger partial charge in [0.1, 0.15) is 5.75 Å². The Labute approximate surface area is 144 Å². The third-order valence-corrected chi connectivity index (χ3v) is 4.81. The van der Waals surface area contributed by atoms with E-state index in [0.29, 0.717) is 18.1 Å². The molecule has 0 spiro atoms. The zero-order valence-corrected chi connectivity index (χ0v) is 14.9. The highest BCUT2D eigenvalue weighted by Gasteiger charge is 2.18. The largest absolute Gasteiger partial charge is 0.481 e. The third-order valence-electron chi connectivity index (χ3n) is 4.81. The predicted octanol–water partition coefficient (Wildman–Crippen LogP) is 3.19. The van der Waals surface area contributed by atoms with Crippen molar-refractivity contribution in [3.63, 3.8) is 0 Å². The SMILES string of the molecule is Cc1cccc(OC(C)C(=O)NNC(=O)CCC2CCCC2)c1C. The van der Waals surface area contributed by atoms with E-state index in [0.717, 1.165) is 17.5 Å². The van der Waals surface area contributed by atoms with Crippen LogP contribution in [0.25, 0.3) is 0 Å². The third kappa shape index (κ3) is 5.25. The summed E-state index contributed by atoms with van der Waals surface area (Å²) in [5.41, 5.74) is 7.05. The minimum atomic E-state index is -0.680. The highest BCUT2D eigenvalue weighted by Crippen LogP contribution is 2.28. The minimum Gasteiger partial charge on any atom is -0.481 e. The van der Waals surface area contributed by atoms with Crippen molar-refractivity contribution in [1.29, 1.82) is 0 Å². The molecule has 1 aliphatic rings. The molecule has 1 unspecified atom stereocenters. The highest BCUT2D eigenvalue weighted by atomic mass is 16.5. The zero-order chi connectivity index (χ0) is 17.5. The Kier molecular flexibility index (Phi) is 6.64. The van der Waals surface area contributed by atoms with Crippen LogP contribution in [0.4, 0.5) is 0 Å². The average Bonchev–Trinajstić information content (AvgIpc) is 3.08. The van der Waals surface area contributed by atoms with Crippen molar-refractivity contribution in [3.8, 4) is 5.75 Å². The van der Waals surface area contributed by atoms with Gasteiger partial charge in [-0.25, -0.2) is 0 Å². The Bertz CT molecular complexity index is 580. The van der Waals surface area contributed by atoms with Gasteiger partial charge in [0.25, 0.3) is 5.91 Å². The molecule has 1 atom stereocenters. The molecule has 1 aliphatic carbocycles. The van der Waals surface area contributed by atoms with Crippen molar-refractivity contribution in [1.82, 2.24) is 10.9 Å². The van der Waals surface area contributed by atoms with Crippen LogP contribution in [0.5, 0.6) is 5.75 Å². The minimum absolute atomic E-state index is 0.144. The Hall–Kier alpha value is -2.04. The van der Waals surface area contributed by atoms with Crippen LogP contribution in [0.1, 0.15) is 56.6 Å². The van der Waals surface area contributed by atoms with Gasteiger partial charge in [0.05, 0.1) is 0 Å². The molecule has 1 aromatic carbocycles. The zero-order valence-electron chi connectivity index (χ0n) is 14.9. The molecule has 1 saturated carbocycles. The summed E-state index contributed by atoms with van der Waals surface area (Å²) >= 11 is 0. The quantitative estimate of drug-likeness (QED) is 0.786. The normalized spacial score (nSPS) is 15.8. The van der Waals surface area contributed by atoms with Crippen LogP contribution in [0.3, 0.4) is 0 Å². The van der Waals surface area contributed by atoms with Gasteiger partial charge >= 0.3 is 0 Å². The first-order chi connectivity index (χ1) is 11.5. The Morgan fingerprint density at radius 1 is 1.21 bits per heavy atom. The van der Waals surface area contributed by atoms with Crippen LogP contribution >= 0.6 is 0 Å². The first-order valence-electron chi connectivity index (χ1n) is 8.79. The fourth-order valence-electron chi connectivity index (χ4n) is 3.03. The summed E-state index contributed by atoms with van der Waals surface area (Å²) in [6.07, 6.45) is 5.67. The molecule has 5 heteroatoms. The number of hydrogen-bond acceptors (Lipinski definition) is 3. The number of hydrogen-bond donors (Lipinski definition) is 2. The molecule has 1 aromatic rings. The lowest BCUT2D eigenvalue weighted by molar-refractivity contribution is -0.132. The van der Waals surface area contributed by atoms with E-state index >= 15 is 0 Å². The van der Waals surface area contributed by atoms with Crippen molar-refractivity contribution in [2.75, 3.05) is 0 Å². The van der Waals surface area contributed by atoms with E-state index in [9.17, 15) is 9.59 Å². The standard InChI is InChI=1S/C19H28N2O3/c1-13-7-6-10-17(14(13)2)24-15(3)19(23)21-20-18(22)12-11-16-8-4-5-9-16/h6-7,10,15-16H,4-5,8-9,11-12H2,1-3H3,(H,20,22)(H,21,23). The summed E-state index contributed by atoms with van der Waals surface area (Å²) in [5, 5.41) is 0. The summed E-state index contributed by atoms with van der Waals surface area (Å²) in [7, 11) is 0. The molecule has 0 aliphatic heterocycles. The molecular weight excluding hydrogens is 304 g/mol. The number of rotatable bonds is 6. The second-order valence-corrected chi connectivity index (χ2v) is 6.68. The van der Waals surface area contributed by atoms with E-state index in [1.807, 2.05) is 32.0 Å². The van der Waals surface area contributed by atoms with Crippen molar-refractivity contribution >= 4 is 11.8 Å². The number of nitrogens with one attached hydrogen (secondary N) is 2. The fourth-order valence-corrected chi connectivity index (χ4v) is 3.03. The van der Waals surface area contributed by atoms with Crippen LogP contribution in [-0.2, 0) is 9.59 Å². The summed E-state index contributed by atoms with van der Waals surface area (Å²) in [6, 6.07) is 5.73. The van der Waals surface area contributed by atoms with Crippen LogP contribution in [0, 0.1) is 19.8 Å². The van der Waals surface area contributed by atoms with E-state index in [2.05, 4.69) is 10.9 Å². The molecule has 0 heterocycles. The summed E-state index contributed by atoms with van der Waals surface area (Å²) in [4.78, 5) is 23.9. The summed E-state index contributed by atoms with van der Waals surface area (Å²) in [6.45, 7) is 5.62. The number of hydrazine groups is 1. The fraction of sp³-hybridized carbons (Fsp3) is 0.579. The lowest BCUT2D eigenvalue weighted by Gasteiger charge is -2.17. The van der Waals surface area contributed by atoms with E-state index < -0.39 is 6.10 Å². The second kappa shape index (κ2) is 8.71. The number of carbonyl (C=O) groups excluding carboxylic acids is 2. The van der Waals surface area contributed by atoms with E-state index in [1.165, 1.54) is 25.7 Å². The lowest BCUT2D eigenvalue weighted by atomic mass is 10.0. The first kappa shape index (κ1) is 18.3. The number of amides is 2. The van der Waals surface area contributed by atoms with Crippen molar-refractivity contribution in [2.24, 2.45) is 5.92 Å². The first-order valence-corrected chi connectivity index (χ1v) is 8.79. The maximum absolute atomic E-state index is 12.1. The molecule has 2 amide bonds. The summed E-state index contributed by atoms with van der Waals surface area (Å²) in [5.74, 6) is 0.850. The molecule has 2 rings (SSSR count). The maximum atomic E-state index is 12.1. The van der Waals surface area contributed by atoms with Gasteiger partial charge in [-0.05, 0) is 50.3 Å². The summed E-state index contributed by atoms with van der Waals surface area (Å²) < 4.78 is 5.70. The van der Waals surface area contributed by atoms with Gasteiger partial charge in [-0.15, -0.1) is 0 Å². The van der Waals surface area contributed by atoms with Crippen molar-refractivity contribution in [2.45, 2.75) is 65.4 Å². The average molecular weight is 332 g/mol. The molecule has 1 fully saturated rings. The molecule has 0 bridgehead atoms. The molecule has 0 radical (unpaired) electrons. The Balaban J connectivity index is 1.72. The number of ether oxygens (including phenoxy) is 1. The molecular formula is C19H28N2O3. The topological polar surface area (TPSA) is 67.4 Å². The number of aryl methyl sites for hydroxylation is 1. The predicted molar refractivity (Wildman–Crippen MR) is 93.5 cm³/mol. The van der Waals surface area contributed by atoms with Gasteiger partial charge in [0.15, 0.2) is 6.10 Å². The molecule has 5 nitrogen and oxygen atoms in total. The molecule has 132 valence electrons. The van der Waals surface area contributed by atoms with E-state index in [4.69, 9.17) is 4.74 Å². The number of benzene rings is 1. The van der Waals surface area contributed by atoms with E-state index in [-0.39, 0.29) is 11.8 Å². The smallest absolute Gasteiger partial charge is 0.279 e. The van der Waals surface area contributed by atoms with Gasteiger partial charge in [-0.2, -0.15) is 0 Å². The van der Waals surface area contributed by atoms with Crippen molar-refractivity contribution < 1.29 is 14.3 Å². The number of carbonyl (C=O) groups is 2. The van der Waals surface area contributed by atoms with Gasteiger partial charge in [0, 0.05) is 6.42 Å². The van der Waals surface area contributed by atoms with Gasteiger partial charge < -0.3 is 4.74 Å². The van der Waals surface area contributed by atoms with Crippen LogP contribution < -0.4 is 15.6 Å². The second-order valence-electron chi connectivity index (χ2n) is 6.68. The monoisotopic (exact) mass is 332 g/mol. The highest BCUT2D eigenvalue weighted by molar-refractivity contribution is 5.84. The van der Waals surface area contributed by atoms with Crippen LogP contribution in [-0.4, -0.2) is 17.9 Å². The van der Waals surface area contributed by atoms with Crippen LogP contribution in [0.15, 0.2) is 18.2 Å². The van der Waals surface area contributed by atoms with Crippen LogP contribution in [0.2, 0.25) is 0 Å². The van der Waals surface area contributed by atoms with Gasteiger partial charge in [-0.3, -0.25) is 20.4 Å². The maximum Gasteiger partial charge on any atom is 0.279 e. The van der Waals surface area contributed by atoms with Crippen molar-refractivity contribution in [3.05, 3.63) is 29.3 Å². The molecule has 0 saturated heterocycles. The lowest BCUT2D eigenvalue weighted by Crippen LogP contribution is -2.47.